The molecule has 0 bridgehead atoms. The highest BCUT2D eigenvalue weighted by Crippen LogP contribution is 2.33. The van der Waals surface area contributed by atoms with E-state index >= 15 is 0 Å². The second-order valence-corrected chi connectivity index (χ2v) is 6.83. The molecule has 2 aromatic rings. The summed E-state index contributed by atoms with van der Waals surface area (Å²) >= 11 is 0. The van der Waals surface area contributed by atoms with Gasteiger partial charge in [-0.05, 0) is 37.5 Å². The molecule has 0 amide bonds. The normalized spacial score (nSPS) is 19.3. The average Bonchev–Trinajstić information content (AvgIpc) is 2.60. The van der Waals surface area contributed by atoms with Gasteiger partial charge in [0.1, 0.15) is 11.5 Å². The summed E-state index contributed by atoms with van der Waals surface area (Å²) in [4.78, 5) is 28.8. The number of carbonyl (C=O) groups excluding carboxylic acids is 2. The van der Waals surface area contributed by atoms with E-state index in [1.165, 1.54) is 12.3 Å². The van der Waals surface area contributed by atoms with Gasteiger partial charge >= 0.3 is 5.97 Å². The highest BCUT2D eigenvalue weighted by Gasteiger charge is 2.39. The van der Waals surface area contributed by atoms with Crippen LogP contribution in [-0.2, 0) is 9.53 Å². The van der Waals surface area contributed by atoms with Gasteiger partial charge in [-0.25, -0.2) is 9.78 Å². The highest BCUT2D eigenvalue weighted by molar-refractivity contribution is 5.94. The Labute approximate surface area is 147 Å². The SMILES string of the molecule is CC1(C)CCCC(OC(=O)c2cc(Oc3ccccc3)ccn2)C1=O. The molecule has 5 heteroatoms. The second kappa shape index (κ2) is 7.05. The van der Waals surface area contributed by atoms with Gasteiger partial charge in [-0.3, -0.25) is 4.79 Å². The van der Waals surface area contributed by atoms with Crippen molar-refractivity contribution in [3.63, 3.8) is 0 Å². The summed E-state index contributed by atoms with van der Waals surface area (Å²) in [5.41, 5.74) is -0.320. The Hall–Kier alpha value is -2.69. The molecule has 1 atom stereocenters. The molecular formula is C20H21NO4. The zero-order valence-electron chi connectivity index (χ0n) is 14.4. The number of carbonyl (C=O) groups is 2. The minimum Gasteiger partial charge on any atom is -0.457 e. The number of aromatic nitrogens is 1. The third kappa shape index (κ3) is 4.05. The molecule has 0 spiro atoms. The molecule has 25 heavy (non-hydrogen) atoms. The number of hydrogen-bond acceptors (Lipinski definition) is 5. The van der Waals surface area contributed by atoms with E-state index < -0.39 is 17.5 Å². The molecule has 5 nitrogen and oxygen atoms in total. The standard InChI is InChI=1S/C20H21NO4/c1-20(2)11-6-9-17(18(20)22)25-19(23)16-13-15(10-12-21-16)24-14-7-4-3-5-8-14/h3-5,7-8,10,12-13,17H,6,9,11H2,1-2H3. The molecular weight excluding hydrogens is 318 g/mol. The van der Waals surface area contributed by atoms with Crippen molar-refractivity contribution in [2.24, 2.45) is 5.41 Å². The summed E-state index contributed by atoms with van der Waals surface area (Å²) in [6.07, 6.45) is 3.03. The van der Waals surface area contributed by atoms with E-state index in [4.69, 9.17) is 9.47 Å². The zero-order chi connectivity index (χ0) is 17.9. The maximum absolute atomic E-state index is 12.4. The average molecular weight is 339 g/mol. The van der Waals surface area contributed by atoms with Crippen molar-refractivity contribution in [1.82, 2.24) is 4.98 Å². The largest absolute Gasteiger partial charge is 0.457 e. The minimum atomic E-state index is -0.697. The third-order valence-corrected chi connectivity index (χ3v) is 4.40. The fraction of sp³-hybridized carbons (Fsp3) is 0.350. The van der Waals surface area contributed by atoms with Gasteiger partial charge in [0.2, 0.25) is 0 Å². The maximum atomic E-state index is 12.4. The van der Waals surface area contributed by atoms with E-state index in [0.717, 1.165) is 12.8 Å². The number of pyridine rings is 1. The van der Waals surface area contributed by atoms with E-state index in [9.17, 15) is 9.59 Å². The molecule has 1 aliphatic rings. The van der Waals surface area contributed by atoms with Crippen molar-refractivity contribution in [3.8, 4) is 11.5 Å². The summed E-state index contributed by atoms with van der Waals surface area (Å²) in [6, 6.07) is 12.4. The molecule has 3 rings (SSSR count). The number of esters is 1. The molecule has 0 radical (unpaired) electrons. The van der Waals surface area contributed by atoms with Gasteiger partial charge in [-0.1, -0.05) is 32.0 Å². The van der Waals surface area contributed by atoms with Crippen LogP contribution in [0.25, 0.3) is 0 Å². The fourth-order valence-electron chi connectivity index (χ4n) is 2.93. The number of nitrogens with zero attached hydrogens (tertiary/aromatic N) is 1. The predicted octanol–water partition coefficient (Wildman–Crippen LogP) is 4.18. The van der Waals surface area contributed by atoms with Crippen LogP contribution in [-0.4, -0.2) is 22.8 Å². The molecule has 1 aromatic heterocycles. The highest BCUT2D eigenvalue weighted by atomic mass is 16.5. The van der Waals surface area contributed by atoms with Crippen LogP contribution < -0.4 is 4.74 Å². The number of ether oxygens (including phenoxy) is 2. The van der Waals surface area contributed by atoms with Crippen LogP contribution in [0.3, 0.4) is 0 Å². The number of Topliss-reactive ketones (excluding diaryl/α,β-unsaturated/α-hetero) is 1. The van der Waals surface area contributed by atoms with Crippen LogP contribution in [0.4, 0.5) is 0 Å². The van der Waals surface area contributed by atoms with E-state index in [2.05, 4.69) is 4.98 Å². The van der Waals surface area contributed by atoms with Crippen molar-refractivity contribution >= 4 is 11.8 Å². The first-order chi connectivity index (χ1) is 12.0. The lowest BCUT2D eigenvalue weighted by atomic mass is 9.75. The van der Waals surface area contributed by atoms with Crippen molar-refractivity contribution in [2.75, 3.05) is 0 Å². The van der Waals surface area contributed by atoms with Crippen LogP contribution in [0.2, 0.25) is 0 Å². The van der Waals surface area contributed by atoms with Crippen molar-refractivity contribution < 1.29 is 19.1 Å². The Morgan fingerprint density at radius 2 is 1.92 bits per heavy atom. The van der Waals surface area contributed by atoms with Crippen LogP contribution >= 0.6 is 0 Å². The minimum absolute atomic E-state index is 0.0243. The van der Waals surface area contributed by atoms with Crippen molar-refractivity contribution in [2.45, 2.75) is 39.2 Å². The second-order valence-electron chi connectivity index (χ2n) is 6.83. The van der Waals surface area contributed by atoms with Crippen LogP contribution in [0.5, 0.6) is 11.5 Å². The first-order valence-corrected chi connectivity index (χ1v) is 8.40. The van der Waals surface area contributed by atoms with Gasteiger partial charge in [0.05, 0.1) is 0 Å². The van der Waals surface area contributed by atoms with Crippen LogP contribution in [0, 0.1) is 5.41 Å². The molecule has 0 saturated heterocycles. The lowest BCUT2D eigenvalue weighted by Crippen LogP contribution is -2.41. The van der Waals surface area contributed by atoms with E-state index in [-0.39, 0.29) is 11.5 Å². The Balaban J connectivity index is 1.70. The third-order valence-electron chi connectivity index (χ3n) is 4.40. The first-order valence-electron chi connectivity index (χ1n) is 8.40. The molecule has 1 heterocycles. The maximum Gasteiger partial charge on any atom is 0.357 e. The molecule has 1 saturated carbocycles. The topological polar surface area (TPSA) is 65.5 Å². The van der Waals surface area contributed by atoms with Gasteiger partial charge in [0.25, 0.3) is 0 Å². The van der Waals surface area contributed by atoms with Gasteiger partial charge in [0.15, 0.2) is 17.6 Å². The molecule has 1 aliphatic carbocycles. The van der Waals surface area contributed by atoms with Crippen LogP contribution in [0.15, 0.2) is 48.7 Å². The Morgan fingerprint density at radius 1 is 1.16 bits per heavy atom. The van der Waals surface area contributed by atoms with Crippen LogP contribution in [0.1, 0.15) is 43.6 Å². The summed E-state index contributed by atoms with van der Waals surface area (Å²) in [7, 11) is 0. The Bertz CT molecular complexity index is 770. The zero-order valence-corrected chi connectivity index (χ0v) is 14.4. The summed E-state index contributed by atoms with van der Waals surface area (Å²) in [5.74, 6) is 0.527. The van der Waals surface area contributed by atoms with E-state index in [0.29, 0.717) is 17.9 Å². The Kier molecular flexibility index (Phi) is 4.83. The molecule has 0 N–H and O–H groups in total. The van der Waals surface area contributed by atoms with E-state index in [1.54, 1.807) is 6.07 Å². The monoisotopic (exact) mass is 339 g/mol. The predicted molar refractivity (Wildman–Crippen MR) is 92.6 cm³/mol. The molecule has 0 aliphatic heterocycles. The number of hydrogen-bond donors (Lipinski definition) is 0. The molecule has 1 unspecified atom stereocenters. The number of benzene rings is 1. The van der Waals surface area contributed by atoms with Gasteiger partial charge in [0, 0.05) is 17.7 Å². The quantitative estimate of drug-likeness (QED) is 0.782. The summed E-state index contributed by atoms with van der Waals surface area (Å²) in [6.45, 7) is 3.78. The Morgan fingerprint density at radius 3 is 2.68 bits per heavy atom. The number of rotatable bonds is 4. The van der Waals surface area contributed by atoms with Gasteiger partial charge < -0.3 is 9.47 Å². The van der Waals surface area contributed by atoms with Crippen molar-refractivity contribution in [3.05, 3.63) is 54.4 Å². The lowest BCUT2D eigenvalue weighted by molar-refractivity contribution is -0.140. The van der Waals surface area contributed by atoms with Gasteiger partial charge in [-0.2, -0.15) is 0 Å². The molecule has 130 valence electrons. The molecule has 1 fully saturated rings. The first kappa shape index (κ1) is 17.1. The smallest absolute Gasteiger partial charge is 0.357 e. The van der Waals surface area contributed by atoms with Crippen molar-refractivity contribution in [1.29, 1.82) is 0 Å². The summed E-state index contributed by atoms with van der Waals surface area (Å²) < 4.78 is 11.1. The number of ketones is 1. The van der Waals surface area contributed by atoms with E-state index in [1.807, 2.05) is 44.2 Å². The lowest BCUT2D eigenvalue weighted by Gasteiger charge is -2.32. The summed E-state index contributed by atoms with van der Waals surface area (Å²) in [5, 5.41) is 0. The fourth-order valence-corrected chi connectivity index (χ4v) is 2.93. The molecule has 1 aromatic carbocycles. The van der Waals surface area contributed by atoms with Gasteiger partial charge in [-0.15, -0.1) is 0 Å². The number of para-hydroxylation sites is 1.